The quantitative estimate of drug-likeness (QED) is 0.544. The number of aromatic nitrogens is 3. The lowest BCUT2D eigenvalue weighted by molar-refractivity contribution is -0.117. The molecule has 1 aromatic carbocycles. The van der Waals surface area contributed by atoms with Crippen LogP contribution in [0, 0.1) is 0 Å². The van der Waals surface area contributed by atoms with E-state index in [0.717, 1.165) is 43.1 Å². The van der Waals surface area contributed by atoms with Gasteiger partial charge in [0.05, 0.1) is 11.4 Å². The number of nitrogens with zero attached hydrogens (tertiary/aromatic N) is 6. The second kappa shape index (κ2) is 9.87. The summed E-state index contributed by atoms with van der Waals surface area (Å²) < 4.78 is 0. The largest absolute Gasteiger partial charge is 0.368 e. The van der Waals surface area contributed by atoms with Crippen LogP contribution in [0.3, 0.4) is 0 Å². The number of Topliss-reactive ketones (excluding diaryl/α,β-unsaturated/α-hetero) is 1. The van der Waals surface area contributed by atoms with Crippen LogP contribution in [-0.2, 0) is 11.3 Å². The number of carbonyl (C=O) groups excluding carboxylic acids is 1. The molecule has 2 fully saturated rings. The summed E-state index contributed by atoms with van der Waals surface area (Å²) in [6.07, 6.45) is 8.46. The number of hydrogen-bond donors (Lipinski definition) is 0. The molecule has 2 saturated heterocycles. The molecule has 0 unspecified atom stereocenters. The third-order valence-electron chi connectivity index (χ3n) is 6.32. The van der Waals surface area contributed by atoms with E-state index in [1.54, 1.807) is 6.20 Å². The van der Waals surface area contributed by atoms with Crippen LogP contribution in [0.1, 0.15) is 24.1 Å². The van der Waals surface area contributed by atoms with E-state index in [4.69, 9.17) is 4.98 Å². The Labute approximate surface area is 200 Å². The minimum absolute atomic E-state index is 0.120. The highest BCUT2D eigenvalue weighted by molar-refractivity contribution is 6.00. The highest BCUT2D eigenvalue weighted by atomic mass is 16.1. The number of piperidine rings is 1. The van der Waals surface area contributed by atoms with E-state index in [1.165, 1.54) is 5.69 Å². The van der Waals surface area contributed by atoms with Gasteiger partial charge in [0.25, 0.3) is 0 Å². The maximum absolute atomic E-state index is 12.9. The molecule has 4 heterocycles. The van der Waals surface area contributed by atoms with Crippen molar-refractivity contribution in [3.63, 3.8) is 0 Å². The topological polar surface area (TPSA) is 65.5 Å². The van der Waals surface area contributed by atoms with Gasteiger partial charge in [-0.3, -0.25) is 9.78 Å². The predicted octanol–water partition coefficient (Wildman–Crippen LogP) is 3.92. The Morgan fingerprint density at radius 3 is 2.38 bits per heavy atom. The van der Waals surface area contributed by atoms with Crippen molar-refractivity contribution in [2.75, 3.05) is 36.0 Å². The zero-order valence-electron chi connectivity index (χ0n) is 19.2. The molecular weight excluding hydrogens is 424 g/mol. The van der Waals surface area contributed by atoms with Crippen molar-refractivity contribution in [3.8, 4) is 0 Å². The first-order chi connectivity index (χ1) is 16.7. The molecule has 0 amide bonds. The lowest BCUT2D eigenvalue weighted by atomic mass is 10.0. The Kier molecular flexibility index (Phi) is 6.33. The Morgan fingerprint density at radius 1 is 0.882 bits per heavy atom. The van der Waals surface area contributed by atoms with Gasteiger partial charge in [-0.1, -0.05) is 36.9 Å². The van der Waals surface area contributed by atoms with E-state index in [0.29, 0.717) is 31.0 Å². The molecule has 7 heteroatoms. The molecule has 172 valence electrons. The molecule has 2 aliphatic heterocycles. The van der Waals surface area contributed by atoms with Crippen molar-refractivity contribution in [1.29, 1.82) is 0 Å². The maximum atomic E-state index is 12.9. The number of hydrogen-bond acceptors (Lipinski definition) is 7. The van der Waals surface area contributed by atoms with E-state index in [9.17, 15) is 4.79 Å². The number of carbonyl (C=O) groups is 1. The van der Waals surface area contributed by atoms with Crippen LogP contribution >= 0.6 is 0 Å². The fraction of sp³-hybridized carbons (Fsp3) is 0.259. The number of piperazine rings is 1. The Balaban J connectivity index is 1.34. The molecule has 0 aliphatic carbocycles. The van der Waals surface area contributed by atoms with Gasteiger partial charge in [-0.05, 0) is 36.3 Å². The van der Waals surface area contributed by atoms with Crippen LogP contribution in [-0.4, -0.2) is 51.8 Å². The van der Waals surface area contributed by atoms with Crippen LogP contribution in [0.4, 0.5) is 11.6 Å². The summed E-state index contributed by atoms with van der Waals surface area (Å²) in [6, 6.07) is 16.1. The van der Waals surface area contributed by atoms with Crippen LogP contribution in [0.15, 0.2) is 85.1 Å². The van der Waals surface area contributed by atoms with E-state index in [2.05, 4.69) is 38.5 Å². The normalized spacial score (nSPS) is 18.0. The standard InChI is InChI=1S/C27H28N6O/c1-21-7-8-26(34)25(33(21)20-22-5-3-2-4-6-22)19-23-9-14-29-27(30-23)32-17-15-31(16-18-32)24-10-12-28-13-11-24/h2-6,9-14,19H,1,7-8,15-18,20H2. The summed E-state index contributed by atoms with van der Waals surface area (Å²) in [5, 5.41) is 0. The summed E-state index contributed by atoms with van der Waals surface area (Å²) >= 11 is 0. The van der Waals surface area contributed by atoms with Gasteiger partial charge in [-0.25, -0.2) is 9.97 Å². The molecule has 0 N–H and O–H groups in total. The second-order valence-electron chi connectivity index (χ2n) is 8.55. The van der Waals surface area contributed by atoms with Crippen LogP contribution in [0.2, 0.25) is 0 Å². The molecule has 0 bridgehead atoms. The molecule has 7 nitrogen and oxygen atoms in total. The zero-order valence-corrected chi connectivity index (χ0v) is 19.2. The minimum atomic E-state index is 0.120. The van der Waals surface area contributed by atoms with Gasteiger partial charge >= 0.3 is 0 Å². The maximum Gasteiger partial charge on any atom is 0.225 e. The van der Waals surface area contributed by atoms with Gasteiger partial charge in [0.2, 0.25) is 5.95 Å². The number of anilines is 2. The minimum Gasteiger partial charge on any atom is -0.368 e. The third kappa shape index (κ3) is 4.83. The summed E-state index contributed by atoms with van der Waals surface area (Å²) in [5.74, 6) is 0.815. The first kappa shape index (κ1) is 21.8. The van der Waals surface area contributed by atoms with Gasteiger partial charge in [0, 0.05) is 69.1 Å². The van der Waals surface area contributed by atoms with Gasteiger partial charge in [-0.2, -0.15) is 0 Å². The average Bonchev–Trinajstić information content (AvgIpc) is 2.90. The van der Waals surface area contributed by atoms with Crippen LogP contribution < -0.4 is 9.80 Å². The van der Waals surface area contributed by atoms with Crippen molar-refractivity contribution in [3.05, 3.63) is 96.4 Å². The van der Waals surface area contributed by atoms with Crippen molar-refractivity contribution in [2.45, 2.75) is 19.4 Å². The molecule has 0 saturated carbocycles. The van der Waals surface area contributed by atoms with E-state index < -0.39 is 0 Å². The number of likely N-dealkylation sites (tertiary alicyclic amines) is 1. The first-order valence-electron chi connectivity index (χ1n) is 11.6. The van der Waals surface area contributed by atoms with Crippen molar-refractivity contribution >= 4 is 23.5 Å². The highest BCUT2D eigenvalue weighted by Crippen LogP contribution is 2.29. The summed E-state index contributed by atoms with van der Waals surface area (Å²) in [4.78, 5) is 32.9. The molecule has 3 aromatic rings. The van der Waals surface area contributed by atoms with Crippen LogP contribution in [0.25, 0.3) is 6.08 Å². The zero-order chi connectivity index (χ0) is 23.3. The van der Waals surface area contributed by atoms with Crippen LogP contribution in [0.5, 0.6) is 0 Å². The smallest absolute Gasteiger partial charge is 0.225 e. The Bertz CT molecular complexity index is 1190. The fourth-order valence-electron chi connectivity index (χ4n) is 4.42. The second-order valence-corrected chi connectivity index (χ2v) is 8.55. The average molecular weight is 453 g/mol. The number of ketones is 1. The lowest BCUT2D eigenvalue weighted by Crippen LogP contribution is -2.47. The monoisotopic (exact) mass is 452 g/mol. The van der Waals surface area contributed by atoms with Gasteiger partial charge in [-0.15, -0.1) is 0 Å². The fourth-order valence-corrected chi connectivity index (χ4v) is 4.42. The van der Waals surface area contributed by atoms with Crippen molar-refractivity contribution < 1.29 is 4.79 Å². The highest BCUT2D eigenvalue weighted by Gasteiger charge is 2.26. The van der Waals surface area contributed by atoms with Crippen molar-refractivity contribution in [1.82, 2.24) is 19.9 Å². The number of rotatable bonds is 5. The number of benzene rings is 1. The van der Waals surface area contributed by atoms with Gasteiger partial charge < -0.3 is 14.7 Å². The van der Waals surface area contributed by atoms with Gasteiger partial charge in [0.15, 0.2) is 5.78 Å². The Hall–Kier alpha value is -4.00. The Morgan fingerprint density at radius 2 is 1.62 bits per heavy atom. The third-order valence-corrected chi connectivity index (χ3v) is 6.32. The summed E-state index contributed by atoms with van der Waals surface area (Å²) in [5.41, 5.74) is 4.66. The predicted molar refractivity (Wildman–Crippen MR) is 134 cm³/mol. The summed E-state index contributed by atoms with van der Waals surface area (Å²) in [6.45, 7) is 8.29. The molecule has 34 heavy (non-hydrogen) atoms. The van der Waals surface area contributed by atoms with E-state index in [-0.39, 0.29) is 5.78 Å². The first-order valence-corrected chi connectivity index (χ1v) is 11.6. The molecule has 0 spiro atoms. The molecule has 5 rings (SSSR count). The molecule has 2 aromatic heterocycles. The SMILES string of the molecule is C=C1CCC(=O)C(=Cc2ccnc(N3CCN(c4ccncc4)CC3)n2)N1Cc1ccccc1. The van der Waals surface area contributed by atoms with Gasteiger partial charge in [0.1, 0.15) is 0 Å². The van der Waals surface area contributed by atoms with E-state index >= 15 is 0 Å². The van der Waals surface area contributed by atoms with Crippen molar-refractivity contribution in [2.24, 2.45) is 0 Å². The number of pyridine rings is 1. The molecular formula is C27H28N6O. The summed E-state index contributed by atoms with van der Waals surface area (Å²) in [7, 11) is 0. The molecule has 0 atom stereocenters. The van der Waals surface area contributed by atoms with E-state index in [1.807, 2.05) is 59.8 Å². The number of allylic oxidation sites excluding steroid dienone is 2. The lowest BCUT2D eigenvalue weighted by Gasteiger charge is -2.36. The molecule has 0 radical (unpaired) electrons. The molecule has 2 aliphatic rings.